The fourth-order valence-corrected chi connectivity index (χ4v) is 2.56. The number of carbonyl (C=O) groups is 1. The van der Waals surface area contributed by atoms with Crippen LogP contribution >= 0.6 is 0 Å². The van der Waals surface area contributed by atoms with E-state index in [2.05, 4.69) is 14.7 Å². The molecule has 0 spiro atoms. The number of nitrogens with two attached hydrogens (primary N) is 1. The Kier molecular flexibility index (Phi) is 2.63. The molecule has 0 radical (unpaired) electrons. The van der Waals surface area contributed by atoms with Crippen molar-refractivity contribution in [3.63, 3.8) is 0 Å². The van der Waals surface area contributed by atoms with Gasteiger partial charge in [-0.15, -0.1) is 0 Å². The summed E-state index contributed by atoms with van der Waals surface area (Å²) in [7, 11) is 1.23. The number of rotatable bonds is 1. The Labute approximate surface area is 113 Å². The van der Waals surface area contributed by atoms with Gasteiger partial charge in [0, 0.05) is 12.0 Å². The quantitative estimate of drug-likeness (QED) is 0.783. The van der Waals surface area contributed by atoms with Crippen LogP contribution in [0.5, 0.6) is 0 Å². The summed E-state index contributed by atoms with van der Waals surface area (Å²) in [6.45, 7) is -0.470. The first-order valence-electron chi connectivity index (χ1n) is 5.98. The highest BCUT2D eigenvalue weighted by Gasteiger charge is 2.48. The first-order valence-corrected chi connectivity index (χ1v) is 5.98. The van der Waals surface area contributed by atoms with Gasteiger partial charge in [-0.05, 0) is 6.07 Å². The third kappa shape index (κ3) is 1.87. The molecule has 0 aliphatic carbocycles. The van der Waals surface area contributed by atoms with Crippen molar-refractivity contribution in [2.45, 2.75) is 18.4 Å². The number of hydrogen-bond donors (Lipinski definition) is 1. The molecule has 106 valence electrons. The molecule has 0 amide bonds. The molecule has 3 heterocycles. The number of hydrogen-bond acceptors (Lipinski definition) is 6. The van der Waals surface area contributed by atoms with E-state index in [1.165, 1.54) is 24.3 Å². The Morgan fingerprint density at radius 1 is 1.60 bits per heavy atom. The zero-order chi connectivity index (χ0) is 14.5. The molecule has 1 aromatic rings. The Bertz CT molecular complexity index is 617. The lowest BCUT2D eigenvalue weighted by molar-refractivity contribution is 0.0164. The van der Waals surface area contributed by atoms with E-state index >= 15 is 0 Å². The number of aliphatic imine (C=N–C) groups is 1. The van der Waals surface area contributed by atoms with Gasteiger partial charge in [0.2, 0.25) is 0 Å². The van der Waals surface area contributed by atoms with E-state index < -0.39 is 24.5 Å². The third-order valence-electron chi connectivity index (χ3n) is 3.47. The van der Waals surface area contributed by atoms with Crippen molar-refractivity contribution >= 4 is 17.6 Å². The minimum atomic E-state index is -2.83. The van der Waals surface area contributed by atoms with Crippen LogP contribution in [0.3, 0.4) is 0 Å². The summed E-state index contributed by atoms with van der Waals surface area (Å²) >= 11 is 0. The predicted molar refractivity (Wildman–Crippen MR) is 65.9 cm³/mol. The van der Waals surface area contributed by atoms with Gasteiger partial charge in [-0.1, -0.05) is 0 Å². The summed E-state index contributed by atoms with van der Waals surface area (Å²) in [5.74, 6) is -3.40. The molecular formula is C12H12F2N4O2. The lowest BCUT2D eigenvalue weighted by atomic mass is 10.0. The molecule has 0 saturated carbocycles. The molecule has 1 unspecified atom stereocenters. The minimum absolute atomic E-state index is 0.0484. The monoisotopic (exact) mass is 282 g/mol. The maximum absolute atomic E-state index is 13.6. The van der Waals surface area contributed by atoms with Crippen LogP contribution in [0.4, 0.5) is 14.5 Å². The molecule has 20 heavy (non-hydrogen) atoms. The standard InChI is InChI=1S/C12H12F2N4O2/c1-20-10(19)7-2-6-8(4-16-7)17-11(15)18-5-12(13,14)3-9(6)18/h2,4,9H,3,5H2,1H3,(H2,15,17). The normalized spacial score (nSPS) is 22.9. The van der Waals surface area contributed by atoms with Gasteiger partial charge in [-0.2, -0.15) is 0 Å². The van der Waals surface area contributed by atoms with Crippen molar-refractivity contribution < 1.29 is 18.3 Å². The van der Waals surface area contributed by atoms with Crippen molar-refractivity contribution in [1.29, 1.82) is 0 Å². The second-order valence-electron chi connectivity index (χ2n) is 4.79. The fraction of sp³-hybridized carbons (Fsp3) is 0.417. The molecule has 1 fully saturated rings. The number of fused-ring (bicyclic) bond motifs is 3. The van der Waals surface area contributed by atoms with Crippen molar-refractivity contribution in [2.24, 2.45) is 10.7 Å². The van der Waals surface area contributed by atoms with Gasteiger partial charge in [0.1, 0.15) is 5.69 Å². The molecule has 1 aromatic heterocycles. The summed E-state index contributed by atoms with van der Waals surface area (Å²) in [5, 5.41) is 0. The number of carbonyl (C=O) groups excluding carboxylic acids is 1. The number of aromatic nitrogens is 1. The molecule has 0 bridgehead atoms. The van der Waals surface area contributed by atoms with Gasteiger partial charge in [0.05, 0.1) is 31.6 Å². The number of esters is 1. The number of alkyl halides is 2. The van der Waals surface area contributed by atoms with E-state index in [1.807, 2.05) is 0 Å². The van der Waals surface area contributed by atoms with Gasteiger partial charge in [0.25, 0.3) is 5.92 Å². The molecule has 2 N–H and O–H groups in total. The zero-order valence-corrected chi connectivity index (χ0v) is 10.6. The van der Waals surface area contributed by atoms with Crippen LogP contribution in [-0.2, 0) is 4.74 Å². The van der Waals surface area contributed by atoms with E-state index in [0.717, 1.165) is 0 Å². The van der Waals surface area contributed by atoms with Gasteiger partial charge in [0.15, 0.2) is 5.96 Å². The Hall–Kier alpha value is -2.25. The fourth-order valence-electron chi connectivity index (χ4n) is 2.56. The minimum Gasteiger partial charge on any atom is -0.464 e. The number of methoxy groups -OCH3 is 1. The molecule has 8 heteroatoms. The van der Waals surface area contributed by atoms with Crippen LogP contribution in [0, 0.1) is 0 Å². The lowest BCUT2D eigenvalue weighted by Gasteiger charge is -2.29. The van der Waals surface area contributed by atoms with Gasteiger partial charge in [-0.25, -0.2) is 23.6 Å². The summed E-state index contributed by atoms with van der Waals surface area (Å²) < 4.78 is 31.7. The second-order valence-corrected chi connectivity index (χ2v) is 4.79. The SMILES string of the molecule is COC(=O)c1cc2c(cn1)N=C(N)N1CC(F)(F)CC21. The average molecular weight is 282 g/mol. The molecule has 1 atom stereocenters. The van der Waals surface area contributed by atoms with Crippen LogP contribution in [0.15, 0.2) is 17.3 Å². The highest BCUT2D eigenvalue weighted by molar-refractivity contribution is 5.89. The highest BCUT2D eigenvalue weighted by atomic mass is 19.3. The van der Waals surface area contributed by atoms with Crippen molar-refractivity contribution in [2.75, 3.05) is 13.7 Å². The summed E-state index contributed by atoms with van der Waals surface area (Å²) in [4.78, 5) is 20.8. The van der Waals surface area contributed by atoms with Gasteiger partial charge < -0.3 is 15.4 Å². The average Bonchev–Trinajstić information content (AvgIpc) is 2.74. The number of nitrogens with zero attached hydrogens (tertiary/aromatic N) is 3. The second kappa shape index (κ2) is 4.12. The first kappa shape index (κ1) is 12.8. The number of guanidine groups is 1. The number of halogens is 2. The van der Waals surface area contributed by atoms with Crippen LogP contribution in [0.25, 0.3) is 0 Å². The van der Waals surface area contributed by atoms with Crippen LogP contribution in [-0.4, -0.2) is 41.4 Å². The summed E-state index contributed by atoms with van der Waals surface area (Å²) in [6, 6.07) is 0.847. The van der Waals surface area contributed by atoms with Crippen LogP contribution in [0.1, 0.15) is 28.5 Å². The first-order chi connectivity index (χ1) is 9.41. The topological polar surface area (TPSA) is 80.8 Å². The van der Waals surface area contributed by atoms with Crippen LogP contribution in [0.2, 0.25) is 0 Å². The summed E-state index contributed by atoms with van der Waals surface area (Å²) in [5.41, 5.74) is 6.70. The van der Waals surface area contributed by atoms with Gasteiger partial charge >= 0.3 is 5.97 Å². The molecule has 2 aliphatic heterocycles. The van der Waals surface area contributed by atoms with E-state index in [9.17, 15) is 13.6 Å². The largest absolute Gasteiger partial charge is 0.464 e. The lowest BCUT2D eigenvalue weighted by Crippen LogP contribution is -2.40. The van der Waals surface area contributed by atoms with E-state index in [-0.39, 0.29) is 18.1 Å². The smallest absolute Gasteiger partial charge is 0.356 e. The van der Waals surface area contributed by atoms with Crippen molar-refractivity contribution in [1.82, 2.24) is 9.88 Å². The Morgan fingerprint density at radius 3 is 3.05 bits per heavy atom. The molecule has 0 aromatic carbocycles. The Balaban J connectivity index is 2.08. The van der Waals surface area contributed by atoms with E-state index in [1.54, 1.807) is 0 Å². The molecular weight excluding hydrogens is 270 g/mol. The molecule has 1 saturated heterocycles. The van der Waals surface area contributed by atoms with E-state index in [4.69, 9.17) is 5.73 Å². The molecule has 2 aliphatic rings. The number of pyridine rings is 1. The summed E-state index contributed by atoms with van der Waals surface area (Å²) in [6.07, 6.45) is 0.989. The van der Waals surface area contributed by atoms with Crippen molar-refractivity contribution in [3.8, 4) is 0 Å². The predicted octanol–water partition coefficient (Wildman–Crippen LogP) is 1.21. The maximum atomic E-state index is 13.6. The molecule has 6 nitrogen and oxygen atoms in total. The third-order valence-corrected chi connectivity index (χ3v) is 3.47. The highest BCUT2D eigenvalue weighted by Crippen LogP contribution is 2.45. The van der Waals surface area contributed by atoms with Crippen LogP contribution < -0.4 is 5.73 Å². The Morgan fingerprint density at radius 2 is 2.35 bits per heavy atom. The van der Waals surface area contributed by atoms with E-state index in [0.29, 0.717) is 11.3 Å². The molecule has 3 rings (SSSR count). The zero-order valence-electron chi connectivity index (χ0n) is 10.6. The van der Waals surface area contributed by atoms with Crippen molar-refractivity contribution in [3.05, 3.63) is 23.5 Å². The number of ether oxygens (including phenoxy) is 1. The van der Waals surface area contributed by atoms with Gasteiger partial charge in [-0.3, -0.25) is 0 Å². The maximum Gasteiger partial charge on any atom is 0.356 e.